The Morgan fingerprint density at radius 3 is 2.75 bits per heavy atom. The molecule has 0 unspecified atom stereocenters. The van der Waals surface area contributed by atoms with Crippen LogP contribution in [0.3, 0.4) is 0 Å². The van der Waals surface area contributed by atoms with E-state index in [2.05, 4.69) is 50.6 Å². The number of sulfonamides is 1. The molecule has 5 heterocycles. The zero-order chi connectivity index (χ0) is 39.8. The van der Waals surface area contributed by atoms with Gasteiger partial charge in [0.1, 0.15) is 11.3 Å². The molecule has 2 bridgehead atoms. The van der Waals surface area contributed by atoms with Crippen LogP contribution in [0, 0.1) is 17.8 Å². The van der Waals surface area contributed by atoms with Crippen LogP contribution >= 0.6 is 11.6 Å². The van der Waals surface area contributed by atoms with Gasteiger partial charge in [-0.05, 0) is 124 Å². The minimum atomic E-state index is -4.11. The van der Waals surface area contributed by atoms with Crippen molar-refractivity contribution in [1.82, 2.24) is 19.5 Å². The quantitative estimate of drug-likeness (QED) is 0.322. The first-order chi connectivity index (χ1) is 27.5. The van der Waals surface area contributed by atoms with Crippen molar-refractivity contribution < 1.29 is 27.4 Å². The van der Waals surface area contributed by atoms with Crippen LogP contribution in [0.25, 0.3) is 0 Å². The molecule has 1 aromatic heterocycles. The number of carbonyl (C=O) groups is 1. The monoisotopic (exact) mass is 823 g/mol. The third-order valence-corrected chi connectivity index (χ3v) is 16.4. The van der Waals surface area contributed by atoms with Crippen LogP contribution in [0.15, 0.2) is 42.5 Å². The molecule has 6 aliphatic rings. The van der Waals surface area contributed by atoms with Crippen molar-refractivity contribution in [3.63, 3.8) is 0 Å². The number of piperidine rings is 1. The van der Waals surface area contributed by atoms with Crippen molar-refractivity contribution in [1.29, 1.82) is 0 Å². The Kier molecular flexibility index (Phi) is 12.3. The summed E-state index contributed by atoms with van der Waals surface area (Å²) in [6.07, 6.45) is 14.1. The SMILES string of the molecule is CCO[C@]1(CN2CCN3CCCC[C@@H]3C2)/C=C/C[C@H](C)[C@@H](CCOC)S(=O)(=O)NC(=O)c2ccc3c(n2)N(C[C@@H]2CC[C@H]21)C[C@@]1(CCCc2cc(Cl)ccc21)CO3. The Hall–Kier alpha value is -2.74. The van der Waals surface area contributed by atoms with Gasteiger partial charge in [-0.1, -0.05) is 43.2 Å². The van der Waals surface area contributed by atoms with E-state index in [0.29, 0.717) is 49.7 Å². The van der Waals surface area contributed by atoms with Gasteiger partial charge in [0, 0.05) is 76.1 Å². The number of piperazine rings is 1. The molecule has 8 rings (SSSR count). The van der Waals surface area contributed by atoms with Gasteiger partial charge in [0.25, 0.3) is 5.91 Å². The number of nitrogens with one attached hydrogen (secondary N) is 1. The van der Waals surface area contributed by atoms with Crippen LogP contribution in [0.1, 0.15) is 93.3 Å². The minimum Gasteiger partial charge on any atom is -0.489 e. The molecule has 11 nitrogen and oxygen atoms in total. The molecule has 2 saturated heterocycles. The standard InChI is InChI=1S/C44H62ClN5O6S/c1-4-56-44(29-48-22-23-49-21-6-5-11-35(49)27-48)20-7-9-31(2)40(18-24-54-3)57(52,53)47-42(51)38-16-17-39-41(46-38)50(26-33-12-14-37(33)44)28-43(30-55-39)19-8-10-32-25-34(45)13-15-36(32)43/h7,13,15-17,20,25,31,33,35,37,40H,4-6,8-12,14,18-19,21-24,26-30H2,1-3H3,(H,47,51)/b20-7+/t31-,33-,35+,37+,40+,43-,44-/m0/s1. The molecule has 3 fully saturated rings. The van der Waals surface area contributed by atoms with Crippen molar-refractivity contribution in [2.24, 2.45) is 17.8 Å². The van der Waals surface area contributed by atoms with E-state index in [1.807, 2.05) is 13.0 Å². The molecule has 1 amide bonds. The van der Waals surface area contributed by atoms with Gasteiger partial charge in [0.15, 0.2) is 11.6 Å². The predicted molar refractivity (Wildman–Crippen MR) is 224 cm³/mol. The lowest BCUT2D eigenvalue weighted by Crippen LogP contribution is -2.61. The molecule has 2 aromatic rings. The van der Waals surface area contributed by atoms with Crippen molar-refractivity contribution in [3.05, 3.63) is 64.3 Å². The van der Waals surface area contributed by atoms with Gasteiger partial charge in [-0.2, -0.15) is 0 Å². The molecule has 1 N–H and O–H groups in total. The summed E-state index contributed by atoms with van der Waals surface area (Å²) in [7, 11) is -2.53. The van der Waals surface area contributed by atoms with Crippen LogP contribution < -0.4 is 14.4 Å². The average molecular weight is 825 g/mol. The van der Waals surface area contributed by atoms with Gasteiger partial charge in [-0.25, -0.2) is 18.1 Å². The fourth-order valence-corrected chi connectivity index (χ4v) is 13.0. The van der Waals surface area contributed by atoms with E-state index in [0.717, 1.165) is 69.9 Å². The zero-order valence-electron chi connectivity index (χ0n) is 34.1. The number of ether oxygens (including phenoxy) is 3. The normalized spacial score (nSPS) is 33.8. The third-order valence-electron chi connectivity index (χ3n) is 14.2. The number of anilines is 1. The molecule has 57 heavy (non-hydrogen) atoms. The first kappa shape index (κ1) is 41.0. The Morgan fingerprint density at radius 1 is 1.07 bits per heavy atom. The highest BCUT2D eigenvalue weighted by Crippen LogP contribution is 2.49. The fraction of sp³-hybridized carbons (Fsp3) is 0.682. The van der Waals surface area contributed by atoms with Crippen molar-refractivity contribution in [3.8, 4) is 5.75 Å². The molecule has 2 aliphatic carbocycles. The number of pyridine rings is 1. The second-order valence-electron chi connectivity index (χ2n) is 17.8. The number of aromatic nitrogens is 1. The summed E-state index contributed by atoms with van der Waals surface area (Å²) >= 11 is 6.53. The highest BCUT2D eigenvalue weighted by molar-refractivity contribution is 7.90. The number of hydrogen-bond acceptors (Lipinski definition) is 10. The Bertz CT molecular complexity index is 1910. The predicted octanol–water partition coefficient (Wildman–Crippen LogP) is 6.24. The van der Waals surface area contributed by atoms with Gasteiger partial charge < -0.3 is 19.1 Å². The summed E-state index contributed by atoms with van der Waals surface area (Å²) in [5.74, 6) is 0.713. The summed E-state index contributed by atoms with van der Waals surface area (Å²) in [6.45, 7) is 11.9. The zero-order valence-corrected chi connectivity index (χ0v) is 35.7. The van der Waals surface area contributed by atoms with Gasteiger partial charge in [-0.3, -0.25) is 14.6 Å². The minimum absolute atomic E-state index is 0.0542. The summed E-state index contributed by atoms with van der Waals surface area (Å²) in [5, 5.41) is -0.112. The van der Waals surface area contributed by atoms with E-state index < -0.39 is 26.8 Å². The van der Waals surface area contributed by atoms with E-state index in [4.69, 9.17) is 30.8 Å². The second kappa shape index (κ2) is 17.1. The molecule has 1 saturated carbocycles. The number of nitrogens with zero attached hydrogens (tertiary/aromatic N) is 4. The van der Waals surface area contributed by atoms with E-state index in [1.165, 1.54) is 36.9 Å². The van der Waals surface area contributed by atoms with Crippen LogP contribution in [0.2, 0.25) is 5.02 Å². The number of halogens is 1. The molecule has 4 aliphatic heterocycles. The summed E-state index contributed by atoms with van der Waals surface area (Å²) in [4.78, 5) is 26.5. The van der Waals surface area contributed by atoms with Crippen LogP contribution in [-0.2, 0) is 31.3 Å². The summed E-state index contributed by atoms with van der Waals surface area (Å²) in [5.41, 5.74) is 1.71. The number of allylic oxidation sites excluding steroid dienone is 1. The lowest BCUT2D eigenvalue weighted by atomic mass is 9.63. The summed E-state index contributed by atoms with van der Waals surface area (Å²) in [6, 6.07) is 10.2. The van der Waals surface area contributed by atoms with Gasteiger partial charge in [0.05, 0.1) is 11.9 Å². The highest BCUT2D eigenvalue weighted by atomic mass is 35.5. The fourth-order valence-electron chi connectivity index (χ4n) is 11.2. The Labute approximate surface area is 344 Å². The van der Waals surface area contributed by atoms with Crippen molar-refractivity contribution in [2.75, 3.05) is 77.6 Å². The third kappa shape index (κ3) is 8.38. The van der Waals surface area contributed by atoms with E-state index in [-0.39, 0.29) is 36.0 Å². The first-order valence-corrected chi connectivity index (χ1v) is 23.5. The highest BCUT2D eigenvalue weighted by Gasteiger charge is 2.51. The number of amides is 1. The van der Waals surface area contributed by atoms with Crippen LogP contribution in [-0.4, -0.2) is 119 Å². The largest absolute Gasteiger partial charge is 0.489 e. The van der Waals surface area contributed by atoms with E-state index >= 15 is 0 Å². The second-order valence-corrected chi connectivity index (χ2v) is 20.1. The maximum atomic E-state index is 14.1. The molecule has 1 spiro atoms. The average Bonchev–Trinajstić information content (AvgIpc) is 3.32. The van der Waals surface area contributed by atoms with Gasteiger partial charge >= 0.3 is 0 Å². The molecule has 1 aromatic carbocycles. The number of benzene rings is 1. The van der Waals surface area contributed by atoms with E-state index in [9.17, 15) is 13.2 Å². The topological polar surface area (TPSA) is 114 Å². The Morgan fingerprint density at radius 2 is 1.95 bits per heavy atom. The Balaban J connectivity index is 1.21. The van der Waals surface area contributed by atoms with Crippen molar-refractivity contribution in [2.45, 2.75) is 100 Å². The number of methoxy groups -OCH3 is 1. The van der Waals surface area contributed by atoms with Crippen LogP contribution in [0.4, 0.5) is 5.82 Å². The lowest BCUT2D eigenvalue weighted by molar-refractivity contribution is -0.116. The molecule has 0 radical (unpaired) electrons. The number of rotatable bonds is 7. The smallest absolute Gasteiger partial charge is 0.283 e. The van der Waals surface area contributed by atoms with Gasteiger partial charge in [-0.15, -0.1) is 0 Å². The molecule has 7 atom stereocenters. The van der Waals surface area contributed by atoms with Gasteiger partial charge in [0.2, 0.25) is 10.0 Å². The first-order valence-electron chi connectivity index (χ1n) is 21.5. The maximum absolute atomic E-state index is 14.1. The lowest BCUT2D eigenvalue weighted by Gasteiger charge is -2.53. The molecular formula is C44H62ClN5O6S. The van der Waals surface area contributed by atoms with E-state index in [1.54, 1.807) is 19.2 Å². The molecular weight excluding hydrogens is 762 g/mol. The summed E-state index contributed by atoms with van der Waals surface area (Å²) < 4.78 is 49.8. The number of fused-ring (bicyclic) bond motifs is 5. The number of hydrogen-bond donors (Lipinski definition) is 1. The van der Waals surface area contributed by atoms with Crippen molar-refractivity contribution >= 4 is 33.3 Å². The number of aryl methyl sites for hydroxylation is 1. The molecule has 13 heteroatoms. The number of carbonyl (C=O) groups excluding carboxylic acids is 1. The van der Waals surface area contributed by atoms with Crippen LogP contribution in [0.5, 0.6) is 5.75 Å². The maximum Gasteiger partial charge on any atom is 0.283 e. The molecule has 312 valence electrons.